The number of quaternary nitrogens is 1. The lowest BCUT2D eigenvalue weighted by Crippen LogP contribution is -2.47. The molecule has 0 aliphatic rings. The van der Waals surface area contributed by atoms with Crippen molar-refractivity contribution in [3.63, 3.8) is 0 Å². The van der Waals surface area contributed by atoms with Gasteiger partial charge in [-0.2, -0.15) is 0 Å². The van der Waals surface area contributed by atoms with Gasteiger partial charge in [0.05, 0.1) is 30.1 Å². The van der Waals surface area contributed by atoms with E-state index in [0.717, 1.165) is 48.9 Å². The number of aromatic nitrogens is 2. The molecule has 0 aliphatic heterocycles. The second-order valence-corrected chi connectivity index (χ2v) is 7.92. The molecule has 0 atom stereocenters. The summed E-state index contributed by atoms with van der Waals surface area (Å²) in [4.78, 5) is 35.4. The highest BCUT2D eigenvalue weighted by atomic mass is 16.6. The highest BCUT2D eigenvalue weighted by Gasteiger charge is 2.27. The van der Waals surface area contributed by atoms with Crippen LogP contribution in [0.25, 0.3) is 0 Å². The fraction of sp³-hybridized carbons (Fsp3) is 0.545. The predicted molar refractivity (Wildman–Crippen MR) is 118 cm³/mol. The van der Waals surface area contributed by atoms with Gasteiger partial charge in [-0.15, -0.1) is 0 Å². The van der Waals surface area contributed by atoms with Gasteiger partial charge in [-0.3, -0.25) is 19.5 Å². The maximum Gasteiger partial charge on any atom is 0.330 e. The second kappa shape index (κ2) is 10.3. The molecular weight excluding hydrogens is 384 g/mol. The van der Waals surface area contributed by atoms with Crippen molar-refractivity contribution in [2.75, 3.05) is 19.6 Å². The van der Waals surface area contributed by atoms with Crippen molar-refractivity contribution in [2.45, 2.75) is 53.1 Å². The third-order valence-electron chi connectivity index (χ3n) is 6.20. The highest BCUT2D eigenvalue weighted by Crippen LogP contribution is 2.24. The molecule has 1 aromatic heterocycles. The van der Waals surface area contributed by atoms with Crippen LogP contribution >= 0.6 is 0 Å². The minimum absolute atomic E-state index is 0.177. The first-order chi connectivity index (χ1) is 14.2. The van der Waals surface area contributed by atoms with Crippen LogP contribution < -0.4 is 11.2 Å². The van der Waals surface area contributed by atoms with Crippen molar-refractivity contribution in [3.05, 3.63) is 72.5 Å². The van der Waals surface area contributed by atoms with Crippen molar-refractivity contribution in [1.29, 1.82) is 0 Å². The lowest BCUT2D eigenvalue weighted by Gasteiger charge is -2.37. The Morgan fingerprint density at radius 1 is 1.07 bits per heavy atom. The zero-order valence-electron chi connectivity index (χ0n) is 18.5. The van der Waals surface area contributed by atoms with E-state index >= 15 is 0 Å². The average Bonchev–Trinajstić information content (AvgIpc) is 2.73. The fourth-order valence-electron chi connectivity index (χ4n) is 3.91. The van der Waals surface area contributed by atoms with Crippen LogP contribution in [0.5, 0.6) is 0 Å². The predicted octanol–water partition coefficient (Wildman–Crippen LogP) is 2.99. The van der Waals surface area contributed by atoms with Crippen LogP contribution in [0.3, 0.4) is 0 Å². The van der Waals surface area contributed by atoms with Gasteiger partial charge in [0.1, 0.15) is 6.54 Å². The molecule has 2 aromatic rings. The van der Waals surface area contributed by atoms with Crippen molar-refractivity contribution in [2.24, 2.45) is 7.05 Å². The molecule has 0 bridgehead atoms. The molecule has 30 heavy (non-hydrogen) atoms. The zero-order valence-corrected chi connectivity index (χ0v) is 18.5. The van der Waals surface area contributed by atoms with Crippen LogP contribution in [0.4, 0.5) is 5.69 Å². The summed E-state index contributed by atoms with van der Waals surface area (Å²) in [6.07, 6.45) is 2.57. The van der Waals surface area contributed by atoms with Crippen molar-refractivity contribution in [1.82, 2.24) is 9.13 Å². The standard InChI is InChI=1S/C22H33N4O4/c1-5-26(6-2,17-19-12-8-9-13-20(19)25(29)30)15-11-7-10-14-24-21(27)16-18(3)23(4)22(24)28/h8-9,12-13,16H,5-7,10-11,14-15,17H2,1-4H3/q+1. The van der Waals surface area contributed by atoms with Crippen molar-refractivity contribution < 1.29 is 9.41 Å². The first-order valence-electron chi connectivity index (χ1n) is 10.6. The van der Waals surface area contributed by atoms with Gasteiger partial charge < -0.3 is 9.05 Å². The lowest BCUT2D eigenvalue weighted by atomic mass is 10.1. The summed E-state index contributed by atoms with van der Waals surface area (Å²) >= 11 is 0. The molecule has 0 spiro atoms. The smallest absolute Gasteiger partial charge is 0.320 e. The first kappa shape index (κ1) is 23.5. The van der Waals surface area contributed by atoms with E-state index in [2.05, 4.69) is 13.8 Å². The summed E-state index contributed by atoms with van der Waals surface area (Å²) in [5, 5.41) is 11.4. The Hall–Kier alpha value is -2.74. The Kier molecular flexibility index (Phi) is 8.11. The Morgan fingerprint density at radius 2 is 1.73 bits per heavy atom. The van der Waals surface area contributed by atoms with Crippen LogP contribution in [0.1, 0.15) is 44.4 Å². The molecule has 0 saturated heterocycles. The van der Waals surface area contributed by atoms with Gasteiger partial charge in [0, 0.05) is 31.4 Å². The summed E-state index contributed by atoms with van der Waals surface area (Å²) in [5.74, 6) is 0. The summed E-state index contributed by atoms with van der Waals surface area (Å²) in [6, 6.07) is 8.45. The molecule has 0 aliphatic carbocycles. The molecule has 164 valence electrons. The van der Waals surface area contributed by atoms with E-state index in [-0.39, 0.29) is 21.9 Å². The zero-order chi connectivity index (χ0) is 22.3. The maximum absolute atomic E-state index is 12.3. The molecular formula is C22H33N4O4+. The average molecular weight is 418 g/mol. The van der Waals surface area contributed by atoms with E-state index in [1.165, 1.54) is 15.2 Å². The monoisotopic (exact) mass is 417 g/mol. The van der Waals surface area contributed by atoms with Gasteiger partial charge in [0.2, 0.25) is 0 Å². The molecule has 0 amide bonds. The quantitative estimate of drug-likeness (QED) is 0.243. The molecule has 8 heteroatoms. The number of nitro groups is 1. The van der Waals surface area contributed by atoms with Crippen LogP contribution in [-0.4, -0.2) is 38.2 Å². The SMILES string of the molecule is CC[N+](CC)(CCCCCn1c(=O)cc(C)n(C)c1=O)Cc1ccccc1[N+](=O)[O-]. The highest BCUT2D eigenvalue weighted by molar-refractivity contribution is 5.39. The largest absolute Gasteiger partial charge is 0.330 e. The van der Waals surface area contributed by atoms with E-state index in [1.54, 1.807) is 26.1 Å². The molecule has 0 N–H and O–H groups in total. The topological polar surface area (TPSA) is 87.1 Å². The number of aryl methyl sites for hydroxylation is 1. The summed E-state index contributed by atoms with van der Waals surface area (Å²) < 4.78 is 3.56. The van der Waals surface area contributed by atoms with Gasteiger partial charge in [0.15, 0.2) is 0 Å². The summed E-state index contributed by atoms with van der Waals surface area (Å²) in [5.41, 5.74) is 1.07. The number of benzene rings is 1. The van der Waals surface area contributed by atoms with Gasteiger partial charge in [-0.1, -0.05) is 12.1 Å². The Bertz CT molecular complexity index is 989. The molecule has 8 nitrogen and oxygen atoms in total. The second-order valence-electron chi connectivity index (χ2n) is 7.92. The summed E-state index contributed by atoms with van der Waals surface area (Å²) in [6.45, 7) is 9.70. The van der Waals surface area contributed by atoms with Gasteiger partial charge in [0.25, 0.3) is 11.2 Å². The van der Waals surface area contributed by atoms with E-state index < -0.39 is 0 Å². The lowest BCUT2D eigenvalue weighted by molar-refractivity contribution is -0.938. The molecule has 0 saturated carbocycles. The normalized spacial score (nSPS) is 11.6. The fourth-order valence-corrected chi connectivity index (χ4v) is 3.91. The van der Waals surface area contributed by atoms with Gasteiger partial charge >= 0.3 is 5.69 Å². The van der Waals surface area contributed by atoms with Gasteiger partial charge in [-0.25, -0.2) is 4.79 Å². The van der Waals surface area contributed by atoms with Crippen molar-refractivity contribution in [3.8, 4) is 0 Å². The Labute approximate surface area is 177 Å². The molecule has 0 unspecified atom stereocenters. The minimum Gasteiger partial charge on any atom is -0.320 e. The number of hydrogen-bond donors (Lipinski definition) is 0. The van der Waals surface area contributed by atoms with Crippen LogP contribution in [0, 0.1) is 17.0 Å². The third-order valence-corrected chi connectivity index (χ3v) is 6.20. The number of unbranched alkanes of at least 4 members (excludes halogenated alkanes) is 2. The molecule has 1 aromatic carbocycles. The number of nitro benzene ring substituents is 1. The van der Waals surface area contributed by atoms with E-state index in [0.29, 0.717) is 18.8 Å². The van der Waals surface area contributed by atoms with Crippen LogP contribution in [-0.2, 0) is 20.1 Å². The Morgan fingerprint density at radius 3 is 2.37 bits per heavy atom. The van der Waals surface area contributed by atoms with Crippen LogP contribution in [0.2, 0.25) is 0 Å². The minimum atomic E-state index is -0.310. The number of rotatable bonds is 11. The molecule has 0 radical (unpaired) electrons. The molecule has 0 fully saturated rings. The number of nitrogens with zero attached hydrogens (tertiary/aromatic N) is 4. The van der Waals surface area contributed by atoms with E-state index in [4.69, 9.17) is 0 Å². The number of para-hydroxylation sites is 1. The molecule has 2 rings (SSSR count). The summed E-state index contributed by atoms with van der Waals surface area (Å²) in [7, 11) is 1.67. The van der Waals surface area contributed by atoms with E-state index in [1.807, 2.05) is 12.1 Å². The van der Waals surface area contributed by atoms with Gasteiger partial charge in [-0.05, 0) is 46.1 Å². The third kappa shape index (κ3) is 5.44. The maximum atomic E-state index is 12.3. The van der Waals surface area contributed by atoms with E-state index in [9.17, 15) is 19.7 Å². The number of hydrogen-bond acceptors (Lipinski definition) is 4. The van der Waals surface area contributed by atoms with Crippen molar-refractivity contribution >= 4 is 5.69 Å². The first-order valence-corrected chi connectivity index (χ1v) is 10.6. The molecule has 1 heterocycles. The Balaban J connectivity index is 1.99. The van der Waals surface area contributed by atoms with Crippen LogP contribution in [0.15, 0.2) is 39.9 Å².